The summed E-state index contributed by atoms with van der Waals surface area (Å²) < 4.78 is 38.5. The quantitative estimate of drug-likeness (QED) is 0.887. The molecule has 0 spiro atoms. The monoisotopic (exact) mass is 334 g/mol. The molecule has 0 radical (unpaired) electrons. The maximum Gasteiger partial charge on any atom is 0.416 e. The fourth-order valence-corrected chi connectivity index (χ4v) is 2.52. The first-order valence-electron chi connectivity index (χ1n) is 6.55. The Labute approximate surface area is 129 Å². The molecule has 3 N–H and O–H groups in total. The summed E-state index contributed by atoms with van der Waals surface area (Å²) in [6, 6.07) is 1.98. The molecule has 2 rings (SSSR count). The van der Waals surface area contributed by atoms with Crippen molar-refractivity contribution in [2.45, 2.75) is 37.4 Å². The lowest BCUT2D eigenvalue weighted by atomic mass is 9.92. The molecule has 0 unspecified atom stereocenters. The predicted octanol–water partition coefficient (Wildman–Crippen LogP) is 2.38. The van der Waals surface area contributed by atoms with Gasteiger partial charge in [0.05, 0.1) is 11.0 Å². The maximum absolute atomic E-state index is 12.8. The largest absolute Gasteiger partial charge is 0.416 e. The van der Waals surface area contributed by atoms with Gasteiger partial charge in [0.25, 0.3) is 0 Å². The summed E-state index contributed by atoms with van der Waals surface area (Å²) in [7, 11) is 0. The summed E-state index contributed by atoms with van der Waals surface area (Å²) >= 11 is 5.98. The molecular formula is C14H14ClF3N2O2. The first-order chi connectivity index (χ1) is 10.1. The number of rotatable bonds is 4. The molecule has 0 aromatic heterocycles. The molecule has 0 bridgehead atoms. The zero-order valence-corrected chi connectivity index (χ0v) is 12.4. The van der Waals surface area contributed by atoms with Crippen LogP contribution in [0.4, 0.5) is 13.2 Å². The zero-order chi connectivity index (χ0) is 16.7. The third kappa shape index (κ3) is 3.04. The molecule has 1 aliphatic carbocycles. The lowest BCUT2D eigenvalue weighted by Gasteiger charge is -2.20. The number of carbonyl (C=O) groups excluding carboxylic acids is 2. The average molecular weight is 335 g/mol. The van der Waals surface area contributed by atoms with Crippen molar-refractivity contribution in [2.75, 3.05) is 0 Å². The van der Waals surface area contributed by atoms with Gasteiger partial charge in [-0.3, -0.25) is 9.59 Å². The van der Waals surface area contributed by atoms with Crippen molar-refractivity contribution in [3.05, 3.63) is 34.3 Å². The van der Waals surface area contributed by atoms with Crippen molar-refractivity contribution in [1.82, 2.24) is 5.32 Å². The number of halogens is 4. The van der Waals surface area contributed by atoms with Crippen molar-refractivity contribution in [2.24, 2.45) is 5.73 Å². The van der Waals surface area contributed by atoms with Crippen LogP contribution in [0.15, 0.2) is 18.2 Å². The number of benzene rings is 1. The minimum atomic E-state index is -4.52. The second-order valence-electron chi connectivity index (χ2n) is 5.37. The van der Waals surface area contributed by atoms with Gasteiger partial charge >= 0.3 is 6.18 Å². The van der Waals surface area contributed by atoms with Crippen LogP contribution in [0.5, 0.6) is 0 Å². The predicted molar refractivity (Wildman–Crippen MR) is 74.2 cm³/mol. The van der Waals surface area contributed by atoms with Crippen LogP contribution in [0.1, 0.15) is 30.9 Å². The van der Waals surface area contributed by atoms with Gasteiger partial charge in [-0.1, -0.05) is 11.6 Å². The van der Waals surface area contributed by atoms with Gasteiger partial charge in [-0.05, 0) is 43.5 Å². The van der Waals surface area contributed by atoms with Crippen molar-refractivity contribution in [3.63, 3.8) is 0 Å². The standard InChI is InChI=1S/C14H14ClF3N2O2/c1-7(11(19)21)20-12(22)13(4-5-13)9-6-8(14(16,17)18)2-3-10(9)15/h2-3,6-7H,4-5H2,1H3,(H2,19,21)(H,20,22)/t7-/m0/s1. The molecule has 120 valence electrons. The number of alkyl halides is 3. The number of hydrogen-bond acceptors (Lipinski definition) is 2. The first-order valence-corrected chi connectivity index (χ1v) is 6.93. The minimum Gasteiger partial charge on any atom is -0.368 e. The molecule has 1 aliphatic rings. The third-order valence-corrected chi connectivity index (χ3v) is 4.10. The third-order valence-electron chi connectivity index (χ3n) is 3.77. The Hall–Kier alpha value is -1.76. The fourth-order valence-electron chi connectivity index (χ4n) is 2.22. The molecule has 1 fully saturated rings. The van der Waals surface area contributed by atoms with Crippen LogP contribution in [0.25, 0.3) is 0 Å². The molecule has 0 heterocycles. The molecule has 0 aliphatic heterocycles. The molecule has 0 saturated heterocycles. The Balaban J connectivity index is 2.34. The van der Waals surface area contributed by atoms with Gasteiger partial charge in [-0.15, -0.1) is 0 Å². The second-order valence-corrected chi connectivity index (χ2v) is 5.78. The lowest BCUT2D eigenvalue weighted by molar-refractivity contribution is -0.137. The molecule has 22 heavy (non-hydrogen) atoms. The van der Waals surface area contributed by atoms with E-state index in [0.29, 0.717) is 12.8 Å². The van der Waals surface area contributed by atoms with Crippen LogP contribution in [-0.2, 0) is 21.2 Å². The second kappa shape index (κ2) is 5.46. The van der Waals surface area contributed by atoms with Crippen LogP contribution < -0.4 is 11.1 Å². The van der Waals surface area contributed by atoms with Gasteiger partial charge in [0, 0.05) is 5.02 Å². The highest BCUT2D eigenvalue weighted by molar-refractivity contribution is 6.32. The van der Waals surface area contributed by atoms with E-state index in [1.165, 1.54) is 6.92 Å². The van der Waals surface area contributed by atoms with Gasteiger partial charge in [-0.25, -0.2) is 0 Å². The zero-order valence-electron chi connectivity index (χ0n) is 11.6. The highest BCUT2D eigenvalue weighted by Gasteiger charge is 2.53. The van der Waals surface area contributed by atoms with Crippen LogP contribution in [0.2, 0.25) is 5.02 Å². The van der Waals surface area contributed by atoms with E-state index in [2.05, 4.69) is 5.32 Å². The molecule has 1 atom stereocenters. The highest BCUT2D eigenvalue weighted by atomic mass is 35.5. The summed E-state index contributed by atoms with van der Waals surface area (Å²) in [6.07, 6.45) is -3.79. The van der Waals surface area contributed by atoms with Crippen molar-refractivity contribution >= 4 is 23.4 Å². The Morgan fingerprint density at radius 2 is 1.95 bits per heavy atom. The van der Waals surface area contributed by atoms with Gasteiger partial charge in [0.1, 0.15) is 6.04 Å². The van der Waals surface area contributed by atoms with Gasteiger partial charge < -0.3 is 11.1 Å². The number of hydrogen-bond donors (Lipinski definition) is 2. The fraction of sp³-hybridized carbons (Fsp3) is 0.429. The van der Waals surface area contributed by atoms with E-state index in [0.717, 1.165) is 18.2 Å². The van der Waals surface area contributed by atoms with Gasteiger partial charge in [-0.2, -0.15) is 13.2 Å². The van der Waals surface area contributed by atoms with Crippen LogP contribution in [-0.4, -0.2) is 17.9 Å². The summed E-state index contributed by atoms with van der Waals surface area (Å²) in [4.78, 5) is 23.3. The van der Waals surface area contributed by atoms with E-state index in [1.54, 1.807) is 0 Å². The van der Waals surface area contributed by atoms with E-state index in [9.17, 15) is 22.8 Å². The summed E-state index contributed by atoms with van der Waals surface area (Å²) in [5.74, 6) is -1.26. The van der Waals surface area contributed by atoms with E-state index in [4.69, 9.17) is 17.3 Å². The van der Waals surface area contributed by atoms with E-state index < -0.39 is 35.0 Å². The minimum absolute atomic E-state index is 0.0902. The molecule has 2 amide bonds. The van der Waals surface area contributed by atoms with Crippen LogP contribution >= 0.6 is 11.6 Å². The number of nitrogens with one attached hydrogen (secondary N) is 1. The molecule has 1 aromatic carbocycles. The maximum atomic E-state index is 12.8. The Morgan fingerprint density at radius 3 is 2.41 bits per heavy atom. The number of carbonyl (C=O) groups is 2. The average Bonchev–Trinajstić information content (AvgIpc) is 3.19. The first kappa shape index (κ1) is 16.6. The van der Waals surface area contributed by atoms with E-state index in [1.807, 2.05) is 0 Å². The number of primary amides is 1. The van der Waals surface area contributed by atoms with Gasteiger partial charge in [0.15, 0.2) is 0 Å². The molecule has 8 heteroatoms. The highest BCUT2D eigenvalue weighted by Crippen LogP contribution is 2.51. The normalized spacial score (nSPS) is 17.7. The summed E-state index contributed by atoms with van der Waals surface area (Å²) in [5.41, 5.74) is 3.20. The Morgan fingerprint density at radius 1 is 1.36 bits per heavy atom. The van der Waals surface area contributed by atoms with Crippen LogP contribution in [0.3, 0.4) is 0 Å². The smallest absolute Gasteiger partial charge is 0.368 e. The number of nitrogens with two attached hydrogens (primary N) is 1. The van der Waals surface area contributed by atoms with E-state index >= 15 is 0 Å². The summed E-state index contributed by atoms with van der Waals surface area (Å²) in [6.45, 7) is 1.41. The van der Waals surface area contributed by atoms with Crippen LogP contribution in [0, 0.1) is 0 Å². The Kier molecular flexibility index (Phi) is 4.12. The van der Waals surface area contributed by atoms with Crippen molar-refractivity contribution in [3.8, 4) is 0 Å². The van der Waals surface area contributed by atoms with E-state index in [-0.39, 0.29) is 10.6 Å². The Bertz CT molecular complexity index is 627. The van der Waals surface area contributed by atoms with Gasteiger partial charge in [0.2, 0.25) is 11.8 Å². The SMILES string of the molecule is C[C@H](NC(=O)C1(c2cc(C(F)(F)F)ccc2Cl)CC1)C(N)=O. The topological polar surface area (TPSA) is 72.2 Å². The van der Waals surface area contributed by atoms with Crippen molar-refractivity contribution < 1.29 is 22.8 Å². The molecule has 4 nitrogen and oxygen atoms in total. The molecule has 1 saturated carbocycles. The summed E-state index contributed by atoms with van der Waals surface area (Å²) in [5, 5.41) is 2.50. The number of amides is 2. The molecule has 1 aromatic rings. The lowest BCUT2D eigenvalue weighted by Crippen LogP contribution is -2.46. The molecular weight excluding hydrogens is 321 g/mol. The van der Waals surface area contributed by atoms with Crippen molar-refractivity contribution in [1.29, 1.82) is 0 Å².